The van der Waals surface area contributed by atoms with Crippen molar-refractivity contribution in [1.29, 1.82) is 0 Å². The molecule has 2 amide bonds. The van der Waals surface area contributed by atoms with Crippen molar-refractivity contribution in [3.05, 3.63) is 27.4 Å². The maximum absolute atomic E-state index is 11.4. The summed E-state index contributed by atoms with van der Waals surface area (Å²) in [5.41, 5.74) is 7.29. The van der Waals surface area contributed by atoms with Crippen LogP contribution in [0.15, 0.2) is 9.90 Å². The van der Waals surface area contributed by atoms with Crippen molar-refractivity contribution in [3.8, 4) is 0 Å². The molecule has 0 saturated carbocycles. The number of nitrogens with one attached hydrogen (secondary N) is 2. The van der Waals surface area contributed by atoms with Gasteiger partial charge in [-0.25, -0.2) is 15.2 Å². The van der Waals surface area contributed by atoms with Gasteiger partial charge in [-0.2, -0.15) is 5.10 Å². The zero-order valence-electron chi connectivity index (χ0n) is 8.37. The van der Waals surface area contributed by atoms with Gasteiger partial charge in [0.25, 0.3) is 5.56 Å². The topological polar surface area (TPSA) is 113 Å². The largest absolute Gasteiger partial charge is 0.350 e. The number of amides is 2. The summed E-state index contributed by atoms with van der Waals surface area (Å²) in [6.07, 6.45) is 1.20. The van der Waals surface area contributed by atoms with Crippen LogP contribution in [0.4, 0.5) is 4.79 Å². The van der Waals surface area contributed by atoms with Crippen molar-refractivity contribution in [3.63, 3.8) is 0 Å². The second-order valence-electron chi connectivity index (χ2n) is 2.88. The SMILES string of the molecule is Cc1nc(C)c(/C=N/NC(N)=O)c(=O)[nH]1. The van der Waals surface area contributed by atoms with Gasteiger partial charge in [0.2, 0.25) is 0 Å². The number of aromatic nitrogens is 2. The molecule has 1 rings (SSSR count). The Morgan fingerprint density at radius 3 is 2.80 bits per heavy atom. The van der Waals surface area contributed by atoms with E-state index in [1.54, 1.807) is 13.8 Å². The van der Waals surface area contributed by atoms with Crippen LogP contribution < -0.4 is 16.7 Å². The van der Waals surface area contributed by atoms with Crippen LogP contribution >= 0.6 is 0 Å². The van der Waals surface area contributed by atoms with E-state index in [1.807, 2.05) is 5.43 Å². The molecule has 0 saturated heterocycles. The summed E-state index contributed by atoms with van der Waals surface area (Å²) in [7, 11) is 0. The van der Waals surface area contributed by atoms with Gasteiger partial charge in [-0.3, -0.25) is 4.79 Å². The zero-order chi connectivity index (χ0) is 11.4. The van der Waals surface area contributed by atoms with Gasteiger partial charge in [0, 0.05) is 0 Å². The number of aryl methyl sites for hydroxylation is 2. The van der Waals surface area contributed by atoms with Crippen LogP contribution in [0.5, 0.6) is 0 Å². The number of hydrazone groups is 1. The van der Waals surface area contributed by atoms with E-state index in [1.165, 1.54) is 6.21 Å². The number of carbonyl (C=O) groups is 1. The molecule has 0 spiro atoms. The summed E-state index contributed by atoms with van der Waals surface area (Å²) in [4.78, 5) is 28.3. The van der Waals surface area contributed by atoms with E-state index in [9.17, 15) is 9.59 Å². The highest BCUT2D eigenvalue weighted by molar-refractivity contribution is 5.82. The van der Waals surface area contributed by atoms with Gasteiger partial charge in [-0.1, -0.05) is 0 Å². The highest BCUT2D eigenvalue weighted by Crippen LogP contribution is 1.94. The summed E-state index contributed by atoms with van der Waals surface area (Å²) < 4.78 is 0. The first-order valence-electron chi connectivity index (χ1n) is 4.16. The van der Waals surface area contributed by atoms with E-state index < -0.39 is 6.03 Å². The lowest BCUT2D eigenvalue weighted by Gasteiger charge is -1.99. The number of carbonyl (C=O) groups excluding carboxylic acids is 1. The molecule has 0 radical (unpaired) electrons. The Morgan fingerprint density at radius 2 is 2.27 bits per heavy atom. The molecule has 1 aromatic rings. The summed E-state index contributed by atoms with van der Waals surface area (Å²) in [6.45, 7) is 3.35. The van der Waals surface area contributed by atoms with Gasteiger partial charge in [0.05, 0.1) is 17.5 Å². The van der Waals surface area contributed by atoms with Crippen molar-refractivity contribution in [1.82, 2.24) is 15.4 Å². The smallest absolute Gasteiger partial charge is 0.332 e. The number of urea groups is 1. The average Bonchev–Trinajstić information content (AvgIpc) is 2.08. The molecular formula is C8H11N5O2. The monoisotopic (exact) mass is 209 g/mol. The molecule has 0 bridgehead atoms. The van der Waals surface area contributed by atoms with E-state index in [0.29, 0.717) is 11.5 Å². The van der Waals surface area contributed by atoms with E-state index in [2.05, 4.69) is 15.1 Å². The van der Waals surface area contributed by atoms with Gasteiger partial charge in [0.15, 0.2) is 0 Å². The molecule has 1 aromatic heterocycles. The number of hydrogen-bond acceptors (Lipinski definition) is 4. The summed E-state index contributed by atoms with van der Waals surface area (Å²) >= 11 is 0. The fourth-order valence-corrected chi connectivity index (χ4v) is 1.05. The first kappa shape index (κ1) is 10.9. The zero-order valence-corrected chi connectivity index (χ0v) is 8.37. The third-order valence-corrected chi connectivity index (χ3v) is 1.63. The molecule has 0 unspecified atom stereocenters. The van der Waals surface area contributed by atoms with E-state index >= 15 is 0 Å². The molecule has 1 heterocycles. The van der Waals surface area contributed by atoms with E-state index in [0.717, 1.165) is 0 Å². The van der Waals surface area contributed by atoms with Crippen LogP contribution in [-0.2, 0) is 0 Å². The molecule has 0 fully saturated rings. The molecule has 0 aliphatic heterocycles. The highest BCUT2D eigenvalue weighted by Gasteiger charge is 2.03. The second-order valence-corrected chi connectivity index (χ2v) is 2.88. The van der Waals surface area contributed by atoms with Crippen molar-refractivity contribution in [2.24, 2.45) is 10.8 Å². The van der Waals surface area contributed by atoms with Crippen LogP contribution in [-0.4, -0.2) is 22.2 Å². The molecule has 7 nitrogen and oxygen atoms in total. The Bertz CT molecular complexity index is 463. The third-order valence-electron chi connectivity index (χ3n) is 1.63. The minimum Gasteiger partial charge on any atom is -0.350 e. The lowest BCUT2D eigenvalue weighted by atomic mass is 10.2. The van der Waals surface area contributed by atoms with Crippen LogP contribution in [0.1, 0.15) is 17.1 Å². The molecule has 0 aliphatic carbocycles. The predicted molar refractivity (Wildman–Crippen MR) is 54.6 cm³/mol. The van der Waals surface area contributed by atoms with Crippen molar-refractivity contribution >= 4 is 12.2 Å². The van der Waals surface area contributed by atoms with Crippen molar-refractivity contribution < 1.29 is 4.79 Å². The molecule has 80 valence electrons. The second kappa shape index (κ2) is 4.36. The number of nitrogens with two attached hydrogens (primary N) is 1. The molecule has 0 aromatic carbocycles. The Hall–Kier alpha value is -2.18. The lowest BCUT2D eigenvalue weighted by Crippen LogP contribution is -2.25. The summed E-state index contributed by atoms with van der Waals surface area (Å²) in [6, 6.07) is -0.791. The van der Waals surface area contributed by atoms with Crippen LogP contribution in [0, 0.1) is 13.8 Å². The normalized spacial score (nSPS) is 10.5. The van der Waals surface area contributed by atoms with Crippen LogP contribution in [0.3, 0.4) is 0 Å². The first-order valence-corrected chi connectivity index (χ1v) is 4.16. The summed E-state index contributed by atoms with van der Waals surface area (Å²) in [5, 5.41) is 3.48. The number of hydrogen-bond donors (Lipinski definition) is 3. The molecule has 15 heavy (non-hydrogen) atoms. The van der Waals surface area contributed by atoms with Gasteiger partial charge in [0.1, 0.15) is 5.82 Å². The fourth-order valence-electron chi connectivity index (χ4n) is 1.05. The van der Waals surface area contributed by atoms with E-state index in [4.69, 9.17) is 5.73 Å². The molecular weight excluding hydrogens is 198 g/mol. The van der Waals surface area contributed by atoms with Gasteiger partial charge in [-0.05, 0) is 13.8 Å². The highest BCUT2D eigenvalue weighted by atomic mass is 16.2. The van der Waals surface area contributed by atoms with Gasteiger partial charge < -0.3 is 10.7 Å². The molecule has 7 heteroatoms. The number of nitrogens with zero attached hydrogens (tertiary/aromatic N) is 2. The quantitative estimate of drug-likeness (QED) is 0.446. The Kier molecular flexibility index (Phi) is 3.17. The third kappa shape index (κ3) is 2.90. The van der Waals surface area contributed by atoms with Crippen molar-refractivity contribution in [2.45, 2.75) is 13.8 Å². The Balaban J connectivity index is 3.00. The standard InChI is InChI=1S/C8H11N5O2/c1-4-6(3-10-13-8(9)15)7(14)12-5(2)11-4/h3H,1-2H3,(H3,9,13,15)(H,11,12,14)/b10-3+. The number of primary amides is 1. The minimum absolute atomic E-state index is 0.286. The maximum Gasteiger partial charge on any atom is 0.332 e. The molecule has 0 aliphatic rings. The Labute approximate surface area is 85.4 Å². The fraction of sp³-hybridized carbons (Fsp3) is 0.250. The average molecular weight is 209 g/mol. The number of rotatable bonds is 2. The van der Waals surface area contributed by atoms with Crippen LogP contribution in [0.2, 0.25) is 0 Å². The van der Waals surface area contributed by atoms with Crippen LogP contribution in [0.25, 0.3) is 0 Å². The van der Waals surface area contributed by atoms with E-state index in [-0.39, 0.29) is 11.1 Å². The van der Waals surface area contributed by atoms with Gasteiger partial charge in [-0.15, -0.1) is 0 Å². The maximum atomic E-state index is 11.4. The minimum atomic E-state index is -0.791. The number of aromatic amines is 1. The first-order chi connectivity index (χ1) is 7.00. The van der Waals surface area contributed by atoms with Crippen molar-refractivity contribution in [2.75, 3.05) is 0 Å². The predicted octanol–water partition coefficient (Wildman–Crippen LogP) is -0.611. The number of H-pyrrole nitrogens is 1. The summed E-state index contributed by atoms with van der Waals surface area (Å²) in [5.74, 6) is 0.525. The lowest BCUT2D eigenvalue weighted by molar-refractivity contribution is 0.249. The molecule has 4 N–H and O–H groups in total. The van der Waals surface area contributed by atoms with Gasteiger partial charge >= 0.3 is 6.03 Å². The Morgan fingerprint density at radius 1 is 1.60 bits per heavy atom. The molecule has 0 atom stereocenters.